The summed E-state index contributed by atoms with van der Waals surface area (Å²) < 4.78 is 19.4. The minimum atomic E-state index is -1.82. The van der Waals surface area contributed by atoms with Gasteiger partial charge in [-0.3, -0.25) is 4.79 Å². The SMILES string of the molecule is COc1ccc(-c2ccc(CN(C(=O)c3cc(OC(=O)O)c(OC(=O)O)cc3OC(=O)O)[C@H]3CCCc4ccccc43)cc2)cc1. The van der Waals surface area contributed by atoms with Gasteiger partial charge in [0.1, 0.15) is 5.75 Å². The highest BCUT2D eigenvalue weighted by Crippen LogP contribution is 2.40. The number of ether oxygens (including phenoxy) is 4. The quantitative estimate of drug-likeness (QED) is 0.126. The van der Waals surface area contributed by atoms with Crippen LogP contribution in [0.4, 0.5) is 14.4 Å². The summed E-state index contributed by atoms with van der Waals surface area (Å²) in [6, 6.07) is 24.2. The Morgan fingerprint density at radius 1 is 0.739 bits per heavy atom. The van der Waals surface area contributed by atoms with Crippen LogP contribution in [0.15, 0.2) is 84.9 Å². The molecule has 4 aromatic rings. The van der Waals surface area contributed by atoms with Gasteiger partial charge in [-0.2, -0.15) is 0 Å². The number of carboxylic acid groups (broad SMARTS) is 3. The summed E-state index contributed by atoms with van der Waals surface area (Å²) in [5, 5.41) is 27.8. The van der Waals surface area contributed by atoms with Gasteiger partial charge in [-0.25, -0.2) is 14.4 Å². The minimum Gasteiger partial charge on any atom is -0.497 e. The number of aryl methyl sites for hydroxylation is 1. The number of hydrogen-bond acceptors (Lipinski definition) is 8. The molecule has 1 atom stereocenters. The molecule has 5 rings (SSSR count). The van der Waals surface area contributed by atoms with Crippen LogP contribution in [0.3, 0.4) is 0 Å². The highest BCUT2D eigenvalue weighted by Gasteiger charge is 2.33. The van der Waals surface area contributed by atoms with Crippen molar-refractivity contribution in [2.45, 2.75) is 31.8 Å². The van der Waals surface area contributed by atoms with Gasteiger partial charge in [0.05, 0.1) is 18.7 Å². The molecule has 0 fully saturated rings. The maximum atomic E-state index is 14.5. The van der Waals surface area contributed by atoms with Crippen LogP contribution in [0.2, 0.25) is 0 Å². The van der Waals surface area contributed by atoms with E-state index in [9.17, 15) is 29.4 Å². The van der Waals surface area contributed by atoms with Gasteiger partial charge in [0.2, 0.25) is 0 Å². The summed E-state index contributed by atoms with van der Waals surface area (Å²) >= 11 is 0. The maximum Gasteiger partial charge on any atom is 0.511 e. The lowest BCUT2D eigenvalue weighted by molar-refractivity contribution is 0.0633. The second-order valence-corrected chi connectivity index (χ2v) is 10.4. The number of carbonyl (C=O) groups excluding carboxylic acids is 1. The predicted molar refractivity (Wildman–Crippen MR) is 163 cm³/mol. The molecular formula is C34H29NO11. The van der Waals surface area contributed by atoms with E-state index < -0.39 is 47.7 Å². The van der Waals surface area contributed by atoms with E-state index in [-0.39, 0.29) is 12.1 Å². The van der Waals surface area contributed by atoms with E-state index in [1.165, 1.54) is 0 Å². The van der Waals surface area contributed by atoms with Gasteiger partial charge in [0, 0.05) is 18.7 Å². The van der Waals surface area contributed by atoms with Crippen molar-refractivity contribution < 1.29 is 53.4 Å². The standard InChI is InChI=1S/C34H29NO11/c1-43-24-15-13-22(14-16-24)21-11-9-20(10-12-21)19-35(27-8-4-6-23-5-2-3-7-25(23)27)31(36)26-17-29(45-33(39)40)30(46-34(41)42)18-28(26)44-32(37)38/h2-3,5,7,9-18,27H,4,6,8,19H2,1H3,(H,37,38)(H,39,40)(H,41,42)/t27-/m0/s1. The zero-order chi connectivity index (χ0) is 32.8. The Balaban J connectivity index is 1.58. The van der Waals surface area contributed by atoms with Gasteiger partial charge in [-0.05, 0) is 59.2 Å². The number of fused-ring (bicyclic) bond motifs is 1. The number of nitrogens with zero attached hydrogens (tertiary/aromatic N) is 1. The van der Waals surface area contributed by atoms with E-state index in [0.717, 1.165) is 58.5 Å². The third-order valence-electron chi connectivity index (χ3n) is 7.57. The molecule has 236 valence electrons. The van der Waals surface area contributed by atoms with Crippen LogP contribution < -0.4 is 18.9 Å². The molecule has 0 spiro atoms. The van der Waals surface area contributed by atoms with Crippen LogP contribution in [0, 0.1) is 0 Å². The summed E-state index contributed by atoms with van der Waals surface area (Å²) in [6.45, 7) is 0.0930. The van der Waals surface area contributed by atoms with Gasteiger partial charge < -0.3 is 39.2 Å². The summed E-state index contributed by atoms with van der Waals surface area (Å²) in [5.74, 6) is -1.84. The summed E-state index contributed by atoms with van der Waals surface area (Å²) in [7, 11) is 1.59. The van der Waals surface area contributed by atoms with E-state index >= 15 is 0 Å². The average Bonchev–Trinajstić information content (AvgIpc) is 3.04. The Hall–Kier alpha value is -6.04. The molecule has 0 radical (unpaired) electrons. The topological polar surface area (TPSA) is 169 Å². The van der Waals surface area contributed by atoms with Gasteiger partial charge in [0.25, 0.3) is 5.91 Å². The Labute approximate surface area is 262 Å². The zero-order valence-electron chi connectivity index (χ0n) is 24.5. The molecule has 0 saturated heterocycles. The van der Waals surface area contributed by atoms with Crippen LogP contribution in [-0.2, 0) is 13.0 Å². The second kappa shape index (κ2) is 13.7. The lowest BCUT2D eigenvalue weighted by Crippen LogP contribution is -2.36. The fourth-order valence-corrected chi connectivity index (χ4v) is 5.55. The molecule has 12 heteroatoms. The Kier molecular flexibility index (Phi) is 9.36. The lowest BCUT2D eigenvalue weighted by Gasteiger charge is -2.36. The number of benzene rings is 4. The molecular weight excluding hydrogens is 598 g/mol. The van der Waals surface area contributed by atoms with E-state index in [2.05, 4.69) is 4.74 Å². The number of hydrogen-bond donors (Lipinski definition) is 3. The first-order chi connectivity index (χ1) is 22.1. The molecule has 12 nitrogen and oxygen atoms in total. The molecule has 0 unspecified atom stereocenters. The highest BCUT2D eigenvalue weighted by atomic mass is 16.7. The molecule has 3 N–H and O–H groups in total. The molecule has 0 heterocycles. The molecule has 1 aliphatic carbocycles. The van der Waals surface area contributed by atoms with Crippen molar-refractivity contribution >= 4 is 24.4 Å². The van der Waals surface area contributed by atoms with Gasteiger partial charge >= 0.3 is 18.5 Å². The van der Waals surface area contributed by atoms with Crippen LogP contribution >= 0.6 is 0 Å². The average molecular weight is 628 g/mol. The zero-order valence-corrected chi connectivity index (χ0v) is 24.5. The van der Waals surface area contributed by atoms with Crippen molar-refractivity contribution in [3.8, 4) is 34.1 Å². The number of rotatable bonds is 9. The Morgan fingerprint density at radius 3 is 1.91 bits per heavy atom. The molecule has 0 aliphatic heterocycles. The molecule has 0 aromatic heterocycles. The first-order valence-electron chi connectivity index (χ1n) is 14.2. The second-order valence-electron chi connectivity index (χ2n) is 10.4. The predicted octanol–water partition coefficient (Wildman–Crippen LogP) is 7.25. The van der Waals surface area contributed by atoms with E-state index in [1.807, 2.05) is 72.8 Å². The smallest absolute Gasteiger partial charge is 0.497 e. The number of amides is 1. The summed E-state index contributed by atoms with van der Waals surface area (Å²) in [6.07, 6.45) is -3.23. The van der Waals surface area contributed by atoms with E-state index in [0.29, 0.717) is 6.42 Å². The Bertz CT molecular complexity index is 1770. The summed E-state index contributed by atoms with van der Waals surface area (Å²) in [5.41, 5.74) is 4.29. The van der Waals surface area contributed by atoms with Gasteiger partial charge in [-0.15, -0.1) is 0 Å². The van der Waals surface area contributed by atoms with Crippen molar-refractivity contribution in [1.29, 1.82) is 0 Å². The maximum absolute atomic E-state index is 14.5. The van der Waals surface area contributed by atoms with Crippen molar-refractivity contribution in [3.63, 3.8) is 0 Å². The first kappa shape index (κ1) is 31.4. The number of methoxy groups -OCH3 is 1. The van der Waals surface area contributed by atoms with E-state index in [4.69, 9.17) is 19.3 Å². The van der Waals surface area contributed by atoms with Gasteiger partial charge in [-0.1, -0.05) is 60.7 Å². The van der Waals surface area contributed by atoms with E-state index in [1.54, 1.807) is 12.0 Å². The van der Waals surface area contributed by atoms with Crippen LogP contribution in [-0.4, -0.2) is 51.7 Å². The van der Waals surface area contributed by atoms with Crippen LogP contribution in [0.1, 0.15) is 45.9 Å². The molecule has 0 bridgehead atoms. The largest absolute Gasteiger partial charge is 0.511 e. The summed E-state index contributed by atoms with van der Waals surface area (Å²) in [4.78, 5) is 50.3. The minimum absolute atomic E-state index is 0.0930. The fraction of sp³-hybridized carbons (Fsp3) is 0.176. The monoisotopic (exact) mass is 627 g/mol. The Morgan fingerprint density at radius 2 is 1.30 bits per heavy atom. The van der Waals surface area contributed by atoms with Crippen molar-refractivity contribution in [3.05, 3.63) is 107 Å². The molecule has 46 heavy (non-hydrogen) atoms. The number of carbonyl (C=O) groups is 4. The first-order valence-corrected chi connectivity index (χ1v) is 14.2. The molecule has 0 saturated carbocycles. The fourth-order valence-electron chi connectivity index (χ4n) is 5.55. The van der Waals surface area contributed by atoms with Crippen LogP contribution in [0.5, 0.6) is 23.0 Å². The van der Waals surface area contributed by atoms with Crippen molar-refractivity contribution in [1.82, 2.24) is 4.90 Å². The van der Waals surface area contributed by atoms with Crippen LogP contribution in [0.25, 0.3) is 11.1 Å². The van der Waals surface area contributed by atoms with Gasteiger partial charge in [0.15, 0.2) is 17.2 Å². The molecule has 4 aromatic carbocycles. The van der Waals surface area contributed by atoms with Crippen molar-refractivity contribution in [2.24, 2.45) is 0 Å². The third-order valence-corrected chi connectivity index (χ3v) is 7.57. The highest BCUT2D eigenvalue weighted by molar-refractivity contribution is 5.99. The van der Waals surface area contributed by atoms with Crippen molar-refractivity contribution in [2.75, 3.05) is 7.11 Å². The molecule has 1 amide bonds. The normalized spacial score (nSPS) is 13.5. The third kappa shape index (κ3) is 7.18. The molecule has 1 aliphatic rings. The lowest BCUT2D eigenvalue weighted by atomic mass is 9.86.